The first-order valence-electron chi connectivity index (χ1n) is 8.54. The molecule has 0 saturated carbocycles. The van der Waals surface area contributed by atoms with Gasteiger partial charge in [-0.2, -0.15) is 0 Å². The first kappa shape index (κ1) is 21.6. The van der Waals surface area contributed by atoms with E-state index in [2.05, 4.69) is 6.58 Å². The molecule has 8 nitrogen and oxygen atoms in total. The Morgan fingerprint density at radius 3 is 2.24 bits per heavy atom. The maximum Gasteiger partial charge on any atom is 0.338 e. The number of esters is 2. The predicted molar refractivity (Wildman–Crippen MR) is 87.2 cm³/mol. The average molecular weight is 360 g/mol. The topological polar surface area (TPSA) is 123 Å². The minimum Gasteiger partial charge on any atom is -0.459 e. The Hall–Kier alpha value is -1.48. The van der Waals surface area contributed by atoms with Gasteiger partial charge in [0.2, 0.25) is 6.29 Å². The van der Waals surface area contributed by atoms with E-state index >= 15 is 0 Å². The smallest absolute Gasteiger partial charge is 0.338 e. The summed E-state index contributed by atoms with van der Waals surface area (Å²) in [5, 5.41) is 29.8. The van der Waals surface area contributed by atoms with Gasteiger partial charge in [0.1, 0.15) is 24.9 Å². The normalized spacial score (nSPS) is 29.3. The van der Waals surface area contributed by atoms with Crippen molar-refractivity contribution in [3.8, 4) is 0 Å². The molecule has 0 unspecified atom stereocenters. The molecule has 25 heavy (non-hydrogen) atoms. The molecule has 1 rings (SSSR count). The van der Waals surface area contributed by atoms with E-state index < -0.39 is 42.6 Å². The Balaban J connectivity index is 2.81. The molecule has 0 aromatic rings. The van der Waals surface area contributed by atoms with Crippen molar-refractivity contribution in [1.29, 1.82) is 0 Å². The van der Waals surface area contributed by atoms with E-state index in [1.54, 1.807) is 0 Å². The summed E-state index contributed by atoms with van der Waals surface area (Å²) in [7, 11) is 0. The van der Waals surface area contributed by atoms with Crippen LogP contribution < -0.4 is 0 Å². The highest BCUT2D eigenvalue weighted by molar-refractivity contribution is 5.76. The molecule has 1 fully saturated rings. The molecule has 0 aromatic heterocycles. The summed E-state index contributed by atoms with van der Waals surface area (Å²) in [6.07, 6.45) is -4.11. The number of carbonyl (C=O) groups is 2. The number of carbonyl (C=O) groups excluding carboxylic acids is 2. The third-order valence-electron chi connectivity index (χ3n) is 3.99. The highest BCUT2D eigenvalue weighted by Crippen LogP contribution is 2.25. The molecule has 1 aliphatic rings. The van der Waals surface area contributed by atoms with Crippen LogP contribution in [-0.4, -0.2) is 64.6 Å². The van der Waals surface area contributed by atoms with E-state index in [4.69, 9.17) is 14.2 Å². The molecule has 144 valence electrons. The van der Waals surface area contributed by atoms with Gasteiger partial charge in [0.25, 0.3) is 0 Å². The number of hydrogen-bond donors (Lipinski definition) is 3. The van der Waals surface area contributed by atoms with Crippen LogP contribution in [-0.2, 0) is 23.8 Å². The Morgan fingerprint density at radius 1 is 1.12 bits per heavy atom. The van der Waals surface area contributed by atoms with Gasteiger partial charge in [-0.25, -0.2) is 4.79 Å². The van der Waals surface area contributed by atoms with Gasteiger partial charge in [-0.15, -0.1) is 0 Å². The van der Waals surface area contributed by atoms with Crippen LogP contribution in [0, 0.1) is 5.92 Å². The highest BCUT2D eigenvalue weighted by Gasteiger charge is 2.49. The zero-order valence-corrected chi connectivity index (χ0v) is 14.7. The SMILES string of the molecule is C=CCOC(=O)[C@H]1O[C@@H](OC(=O)C(CCC)CCC)[C@@H](O)[C@H](O)[C@@H]1O. The van der Waals surface area contributed by atoms with E-state index in [0.717, 1.165) is 12.8 Å². The summed E-state index contributed by atoms with van der Waals surface area (Å²) in [4.78, 5) is 24.2. The van der Waals surface area contributed by atoms with Crippen LogP contribution in [0.1, 0.15) is 39.5 Å². The van der Waals surface area contributed by atoms with Gasteiger partial charge >= 0.3 is 11.9 Å². The quantitative estimate of drug-likeness (QED) is 0.396. The average Bonchev–Trinajstić information content (AvgIpc) is 2.59. The Bertz CT molecular complexity index is 446. The summed E-state index contributed by atoms with van der Waals surface area (Å²) >= 11 is 0. The summed E-state index contributed by atoms with van der Waals surface area (Å²) in [5.74, 6) is -1.88. The second-order valence-corrected chi connectivity index (χ2v) is 6.03. The molecule has 1 heterocycles. The van der Waals surface area contributed by atoms with Crippen molar-refractivity contribution in [2.75, 3.05) is 6.61 Å². The molecule has 0 amide bonds. The molecule has 0 spiro atoms. The largest absolute Gasteiger partial charge is 0.459 e. The Kier molecular flexibility index (Phi) is 9.05. The maximum absolute atomic E-state index is 12.3. The van der Waals surface area contributed by atoms with Crippen LogP contribution in [0.5, 0.6) is 0 Å². The van der Waals surface area contributed by atoms with Crippen molar-refractivity contribution in [3.63, 3.8) is 0 Å². The van der Waals surface area contributed by atoms with Gasteiger partial charge in [-0.1, -0.05) is 39.3 Å². The van der Waals surface area contributed by atoms with Crippen LogP contribution in [0.2, 0.25) is 0 Å². The van der Waals surface area contributed by atoms with Crippen molar-refractivity contribution >= 4 is 11.9 Å². The third-order valence-corrected chi connectivity index (χ3v) is 3.99. The lowest BCUT2D eigenvalue weighted by molar-refractivity contribution is -0.288. The fourth-order valence-corrected chi connectivity index (χ4v) is 2.65. The Morgan fingerprint density at radius 2 is 1.72 bits per heavy atom. The number of ether oxygens (including phenoxy) is 3. The minimum absolute atomic E-state index is 0.108. The van der Waals surface area contributed by atoms with E-state index in [0.29, 0.717) is 12.8 Å². The van der Waals surface area contributed by atoms with Crippen LogP contribution in [0.25, 0.3) is 0 Å². The molecule has 0 radical (unpaired) electrons. The third kappa shape index (κ3) is 5.78. The molecular formula is C17H28O8. The predicted octanol–water partition coefficient (Wildman–Crippen LogP) is 0.283. The van der Waals surface area contributed by atoms with E-state index in [1.165, 1.54) is 6.08 Å². The number of hydrogen-bond acceptors (Lipinski definition) is 8. The monoisotopic (exact) mass is 360 g/mol. The van der Waals surface area contributed by atoms with E-state index in [9.17, 15) is 24.9 Å². The van der Waals surface area contributed by atoms with Crippen LogP contribution >= 0.6 is 0 Å². The number of aliphatic hydroxyl groups is 3. The molecule has 1 aliphatic heterocycles. The van der Waals surface area contributed by atoms with E-state index in [1.807, 2.05) is 13.8 Å². The fourth-order valence-electron chi connectivity index (χ4n) is 2.65. The summed E-state index contributed by atoms with van der Waals surface area (Å²) in [6, 6.07) is 0. The highest BCUT2D eigenvalue weighted by atomic mass is 16.7. The number of aliphatic hydroxyl groups excluding tert-OH is 3. The van der Waals surface area contributed by atoms with Crippen molar-refractivity contribution in [1.82, 2.24) is 0 Å². The Labute approximate surface area is 147 Å². The lowest BCUT2D eigenvalue weighted by atomic mass is 9.97. The van der Waals surface area contributed by atoms with Gasteiger partial charge in [-0.3, -0.25) is 4.79 Å². The van der Waals surface area contributed by atoms with Crippen LogP contribution in [0.4, 0.5) is 0 Å². The van der Waals surface area contributed by atoms with Crippen molar-refractivity contribution in [3.05, 3.63) is 12.7 Å². The van der Waals surface area contributed by atoms with Gasteiger partial charge in [0, 0.05) is 0 Å². The molecule has 0 bridgehead atoms. The van der Waals surface area contributed by atoms with Crippen molar-refractivity contribution in [2.45, 2.75) is 70.2 Å². The lowest BCUT2D eigenvalue weighted by Crippen LogP contribution is -2.61. The van der Waals surface area contributed by atoms with Gasteiger partial charge in [0.15, 0.2) is 6.10 Å². The van der Waals surface area contributed by atoms with Crippen LogP contribution in [0.3, 0.4) is 0 Å². The van der Waals surface area contributed by atoms with Crippen molar-refractivity contribution < 1.29 is 39.1 Å². The molecule has 0 aromatic carbocycles. The summed E-state index contributed by atoms with van der Waals surface area (Å²) in [6.45, 7) is 7.16. The minimum atomic E-state index is -1.72. The molecular weight excluding hydrogens is 332 g/mol. The summed E-state index contributed by atoms with van der Waals surface area (Å²) in [5.41, 5.74) is 0. The van der Waals surface area contributed by atoms with Gasteiger partial charge < -0.3 is 29.5 Å². The molecule has 3 N–H and O–H groups in total. The number of rotatable bonds is 9. The molecule has 5 atom stereocenters. The van der Waals surface area contributed by atoms with Crippen LogP contribution in [0.15, 0.2) is 12.7 Å². The standard InChI is InChI=1S/C17H28O8/c1-4-7-10(8-5-2)15(21)25-17-13(20)11(18)12(19)14(24-17)16(22)23-9-6-3/h6,10-14,17-20H,3-5,7-9H2,1-2H3/t11-,12+,13+,14+,17+/m1/s1. The van der Waals surface area contributed by atoms with Gasteiger partial charge in [-0.05, 0) is 12.8 Å². The zero-order chi connectivity index (χ0) is 19.0. The summed E-state index contributed by atoms with van der Waals surface area (Å²) < 4.78 is 15.2. The first-order valence-corrected chi connectivity index (χ1v) is 8.54. The molecule has 1 saturated heterocycles. The fraction of sp³-hybridized carbons (Fsp3) is 0.765. The second-order valence-electron chi connectivity index (χ2n) is 6.03. The zero-order valence-electron chi connectivity index (χ0n) is 14.7. The molecule has 8 heteroatoms. The molecule has 0 aliphatic carbocycles. The lowest BCUT2D eigenvalue weighted by Gasteiger charge is -2.38. The van der Waals surface area contributed by atoms with Crippen molar-refractivity contribution in [2.24, 2.45) is 5.92 Å². The maximum atomic E-state index is 12.3. The van der Waals surface area contributed by atoms with Gasteiger partial charge in [0.05, 0.1) is 5.92 Å². The first-order chi connectivity index (χ1) is 11.9. The van der Waals surface area contributed by atoms with E-state index in [-0.39, 0.29) is 12.5 Å². The second kappa shape index (κ2) is 10.5.